The van der Waals surface area contributed by atoms with Crippen molar-refractivity contribution in [2.24, 2.45) is 0 Å². The molecule has 2 nitrogen and oxygen atoms in total. The lowest BCUT2D eigenvalue weighted by atomic mass is 10.1. The first-order valence-corrected chi connectivity index (χ1v) is 7.40. The summed E-state index contributed by atoms with van der Waals surface area (Å²) in [6.45, 7) is 1.91. The molecule has 0 radical (unpaired) electrons. The number of fused-ring (bicyclic) bond motifs is 1. The quantitative estimate of drug-likeness (QED) is 0.713. The van der Waals surface area contributed by atoms with Crippen LogP contribution >= 0.6 is 22.9 Å². The van der Waals surface area contributed by atoms with Crippen molar-refractivity contribution in [2.75, 3.05) is 5.32 Å². The fraction of sp³-hybridized carbons (Fsp3) is 0.133. The van der Waals surface area contributed by atoms with Gasteiger partial charge in [0.1, 0.15) is 5.82 Å². The van der Waals surface area contributed by atoms with Crippen LogP contribution in [0.3, 0.4) is 0 Å². The SMILES string of the molecule is CC(Nc1nc2cc(Cl)ccc2s1)c1ccccc1F. The van der Waals surface area contributed by atoms with Crippen molar-refractivity contribution in [3.63, 3.8) is 0 Å². The molecule has 1 N–H and O–H groups in total. The number of thiazole rings is 1. The molecule has 0 aliphatic heterocycles. The van der Waals surface area contributed by atoms with Crippen LogP contribution in [0, 0.1) is 5.82 Å². The largest absolute Gasteiger partial charge is 0.355 e. The van der Waals surface area contributed by atoms with Crippen LogP contribution < -0.4 is 5.32 Å². The van der Waals surface area contributed by atoms with Gasteiger partial charge in [0.15, 0.2) is 5.13 Å². The van der Waals surface area contributed by atoms with E-state index in [-0.39, 0.29) is 11.9 Å². The zero-order valence-electron chi connectivity index (χ0n) is 10.7. The van der Waals surface area contributed by atoms with E-state index in [0.29, 0.717) is 10.6 Å². The van der Waals surface area contributed by atoms with Gasteiger partial charge in [-0.05, 0) is 31.2 Å². The highest BCUT2D eigenvalue weighted by atomic mass is 35.5. The van der Waals surface area contributed by atoms with Gasteiger partial charge in [-0.25, -0.2) is 9.37 Å². The van der Waals surface area contributed by atoms with Gasteiger partial charge < -0.3 is 5.32 Å². The summed E-state index contributed by atoms with van der Waals surface area (Å²) in [5, 5.41) is 4.66. The summed E-state index contributed by atoms with van der Waals surface area (Å²) in [5.41, 5.74) is 1.48. The average molecular weight is 307 g/mol. The first-order valence-electron chi connectivity index (χ1n) is 6.20. The average Bonchev–Trinajstić information content (AvgIpc) is 2.80. The van der Waals surface area contributed by atoms with Gasteiger partial charge >= 0.3 is 0 Å². The molecule has 1 atom stereocenters. The number of anilines is 1. The van der Waals surface area contributed by atoms with E-state index in [1.807, 2.05) is 31.2 Å². The molecule has 3 rings (SSSR count). The second kappa shape index (κ2) is 5.38. The van der Waals surface area contributed by atoms with Gasteiger partial charge in [0.05, 0.1) is 16.3 Å². The van der Waals surface area contributed by atoms with E-state index in [4.69, 9.17) is 11.6 Å². The highest BCUT2D eigenvalue weighted by Crippen LogP contribution is 2.30. The van der Waals surface area contributed by atoms with Crippen LogP contribution in [0.15, 0.2) is 42.5 Å². The third kappa shape index (κ3) is 2.62. The Morgan fingerprint density at radius 1 is 1.25 bits per heavy atom. The maximum Gasteiger partial charge on any atom is 0.184 e. The first kappa shape index (κ1) is 13.3. The van der Waals surface area contributed by atoms with Crippen molar-refractivity contribution < 1.29 is 4.39 Å². The number of hydrogen-bond acceptors (Lipinski definition) is 3. The Balaban J connectivity index is 1.87. The molecule has 1 heterocycles. The van der Waals surface area contributed by atoms with E-state index in [2.05, 4.69) is 10.3 Å². The second-order valence-corrected chi connectivity index (χ2v) is 5.99. The number of rotatable bonds is 3. The van der Waals surface area contributed by atoms with Crippen molar-refractivity contribution in [3.05, 3.63) is 58.9 Å². The molecular formula is C15H12ClFN2S. The fourth-order valence-corrected chi connectivity index (χ4v) is 3.15. The zero-order valence-corrected chi connectivity index (χ0v) is 12.3. The minimum Gasteiger partial charge on any atom is -0.355 e. The molecule has 1 aromatic heterocycles. The molecule has 0 spiro atoms. The number of benzene rings is 2. The minimum absolute atomic E-state index is 0.146. The van der Waals surface area contributed by atoms with Crippen LogP contribution in [0.4, 0.5) is 9.52 Å². The Labute approximate surface area is 125 Å². The maximum absolute atomic E-state index is 13.7. The number of hydrogen-bond donors (Lipinski definition) is 1. The number of halogens is 2. The van der Waals surface area contributed by atoms with Crippen LogP contribution in [-0.2, 0) is 0 Å². The number of nitrogens with one attached hydrogen (secondary N) is 1. The Bertz CT molecular complexity index is 756. The van der Waals surface area contributed by atoms with Gasteiger partial charge in [-0.15, -0.1) is 0 Å². The monoisotopic (exact) mass is 306 g/mol. The summed E-state index contributed by atoms with van der Waals surface area (Å²) < 4.78 is 14.8. The van der Waals surface area contributed by atoms with Crippen molar-refractivity contribution in [1.82, 2.24) is 4.98 Å². The first-order chi connectivity index (χ1) is 9.63. The van der Waals surface area contributed by atoms with Crippen molar-refractivity contribution in [2.45, 2.75) is 13.0 Å². The van der Waals surface area contributed by atoms with Gasteiger partial charge in [-0.1, -0.05) is 41.1 Å². The third-order valence-corrected chi connectivity index (χ3v) is 4.26. The van der Waals surface area contributed by atoms with Crippen LogP contribution in [0.5, 0.6) is 0 Å². The molecule has 20 heavy (non-hydrogen) atoms. The van der Waals surface area contributed by atoms with Crippen LogP contribution in [0.2, 0.25) is 5.02 Å². The summed E-state index contributed by atoms with van der Waals surface area (Å²) >= 11 is 7.48. The van der Waals surface area contributed by atoms with E-state index in [1.54, 1.807) is 12.1 Å². The molecule has 0 saturated heterocycles. The molecule has 5 heteroatoms. The van der Waals surface area contributed by atoms with Gasteiger partial charge in [0.2, 0.25) is 0 Å². The summed E-state index contributed by atoms with van der Waals surface area (Å²) in [5.74, 6) is -0.211. The van der Waals surface area contributed by atoms with E-state index in [0.717, 1.165) is 15.3 Å². The normalized spacial score (nSPS) is 12.6. The van der Waals surface area contributed by atoms with Gasteiger partial charge in [0.25, 0.3) is 0 Å². The molecule has 1 unspecified atom stereocenters. The lowest BCUT2D eigenvalue weighted by Crippen LogP contribution is -2.08. The summed E-state index contributed by atoms with van der Waals surface area (Å²) in [6, 6.07) is 12.2. The Morgan fingerprint density at radius 2 is 2.05 bits per heavy atom. The maximum atomic E-state index is 13.7. The standard InChI is InChI=1S/C15H12ClFN2S/c1-9(11-4-2-3-5-12(11)17)18-15-19-13-8-10(16)6-7-14(13)20-15/h2-9H,1H3,(H,18,19). The molecule has 0 saturated carbocycles. The highest BCUT2D eigenvalue weighted by Gasteiger charge is 2.12. The van der Waals surface area contributed by atoms with Crippen molar-refractivity contribution >= 4 is 38.3 Å². The van der Waals surface area contributed by atoms with Crippen LogP contribution in [0.25, 0.3) is 10.2 Å². The molecule has 3 aromatic rings. The third-order valence-electron chi connectivity index (χ3n) is 3.06. The van der Waals surface area contributed by atoms with Crippen molar-refractivity contribution in [1.29, 1.82) is 0 Å². The molecule has 0 aliphatic rings. The van der Waals surface area contributed by atoms with Gasteiger partial charge in [0, 0.05) is 10.6 Å². The summed E-state index contributed by atoms with van der Waals surface area (Å²) in [7, 11) is 0. The highest BCUT2D eigenvalue weighted by molar-refractivity contribution is 7.22. The lowest BCUT2D eigenvalue weighted by molar-refractivity contribution is 0.600. The van der Waals surface area contributed by atoms with Crippen molar-refractivity contribution in [3.8, 4) is 0 Å². The second-order valence-electron chi connectivity index (χ2n) is 4.52. The molecule has 0 aliphatic carbocycles. The van der Waals surface area contributed by atoms with Crippen LogP contribution in [-0.4, -0.2) is 4.98 Å². The van der Waals surface area contributed by atoms with Gasteiger partial charge in [-0.3, -0.25) is 0 Å². The summed E-state index contributed by atoms with van der Waals surface area (Å²) in [4.78, 5) is 4.47. The zero-order chi connectivity index (χ0) is 14.1. The predicted molar refractivity (Wildman–Crippen MR) is 83.1 cm³/mol. The number of aromatic nitrogens is 1. The molecule has 0 amide bonds. The summed E-state index contributed by atoms with van der Waals surface area (Å²) in [6.07, 6.45) is 0. The van der Waals surface area contributed by atoms with E-state index < -0.39 is 0 Å². The van der Waals surface area contributed by atoms with E-state index >= 15 is 0 Å². The predicted octanol–water partition coefficient (Wildman–Crippen LogP) is 5.26. The Hall–Kier alpha value is -1.65. The molecule has 0 fully saturated rings. The molecular weight excluding hydrogens is 295 g/mol. The fourth-order valence-electron chi connectivity index (χ4n) is 2.05. The molecule has 2 aromatic carbocycles. The lowest BCUT2D eigenvalue weighted by Gasteiger charge is -2.13. The molecule has 102 valence electrons. The number of nitrogens with zero attached hydrogens (tertiary/aromatic N) is 1. The smallest absolute Gasteiger partial charge is 0.184 e. The van der Waals surface area contributed by atoms with E-state index in [9.17, 15) is 4.39 Å². The van der Waals surface area contributed by atoms with Gasteiger partial charge in [-0.2, -0.15) is 0 Å². The Kier molecular flexibility index (Phi) is 3.59. The van der Waals surface area contributed by atoms with E-state index in [1.165, 1.54) is 17.4 Å². The topological polar surface area (TPSA) is 24.9 Å². The molecule has 0 bridgehead atoms. The van der Waals surface area contributed by atoms with Crippen LogP contribution in [0.1, 0.15) is 18.5 Å². The Morgan fingerprint density at radius 3 is 2.85 bits per heavy atom. The minimum atomic E-state index is -0.211.